The number of rotatable bonds is 4. The number of aryl methyl sites for hydroxylation is 1. The summed E-state index contributed by atoms with van der Waals surface area (Å²) < 4.78 is 35.1. The molecule has 0 amide bonds. The molecule has 136 valence electrons. The molecule has 2 aromatic heterocycles. The zero-order valence-corrected chi connectivity index (χ0v) is 14.2. The second-order valence-electron chi connectivity index (χ2n) is 6.22. The van der Waals surface area contributed by atoms with Gasteiger partial charge >= 0.3 is 0 Å². The highest BCUT2D eigenvalue weighted by Gasteiger charge is 2.21. The number of hydrogen-bond donors (Lipinski definition) is 2. The Balaban J connectivity index is 1.81. The van der Waals surface area contributed by atoms with Gasteiger partial charge in [-0.1, -0.05) is 6.07 Å². The van der Waals surface area contributed by atoms with Crippen molar-refractivity contribution >= 4 is 22.8 Å². The van der Waals surface area contributed by atoms with Crippen molar-refractivity contribution in [1.82, 2.24) is 19.7 Å². The quantitative estimate of drug-likeness (QED) is 0.743. The van der Waals surface area contributed by atoms with Crippen LogP contribution in [0.25, 0.3) is 22.3 Å². The van der Waals surface area contributed by atoms with Crippen LogP contribution in [-0.4, -0.2) is 39.0 Å². The second kappa shape index (κ2) is 6.49. The van der Waals surface area contributed by atoms with Gasteiger partial charge in [-0.3, -0.25) is 4.68 Å². The van der Waals surface area contributed by atoms with E-state index in [4.69, 9.17) is 10.5 Å². The molecule has 0 spiro atoms. The molecular weight excluding hydrogens is 342 g/mol. The van der Waals surface area contributed by atoms with E-state index in [-0.39, 0.29) is 29.1 Å². The van der Waals surface area contributed by atoms with Crippen molar-refractivity contribution in [3.05, 3.63) is 29.8 Å². The molecule has 1 saturated heterocycles. The van der Waals surface area contributed by atoms with Crippen molar-refractivity contribution < 1.29 is 13.5 Å². The molecule has 0 radical (unpaired) electrons. The molecule has 1 aromatic carbocycles. The Labute approximate surface area is 148 Å². The number of anilines is 2. The zero-order chi connectivity index (χ0) is 18.3. The Hall–Kier alpha value is -2.81. The minimum Gasteiger partial charge on any atom is -0.383 e. The van der Waals surface area contributed by atoms with Crippen molar-refractivity contribution in [2.75, 3.05) is 24.2 Å². The van der Waals surface area contributed by atoms with Crippen LogP contribution in [0.3, 0.4) is 0 Å². The predicted octanol–water partition coefficient (Wildman–Crippen LogP) is 2.48. The molecule has 9 heteroatoms. The summed E-state index contributed by atoms with van der Waals surface area (Å²) in [5, 5.41) is 7.73. The lowest BCUT2D eigenvalue weighted by atomic mass is 10.1. The number of hydrogen-bond acceptors (Lipinski definition) is 6. The normalized spacial score (nSPS) is 17.1. The van der Waals surface area contributed by atoms with Gasteiger partial charge in [0, 0.05) is 25.8 Å². The fraction of sp³-hybridized carbons (Fsp3) is 0.353. The van der Waals surface area contributed by atoms with E-state index in [1.54, 1.807) is 7.05 Å². The fourth-order valence-corrected chi connectivity index (χ4v) is 3.09. The van der Waals surface area contributed by atoms with Gasteiger partial charge in [0.05, 0.1) is 17.2 Å². The molecule has 1 atom stereocenters. The Kier molecular flexibility index (Phi) is 4.15. The van der Waals surface area contributed by atoms with Crippen molar-refractivity contribution in [3.8, 4) is 11.3 Å². The number of halogens is 2. The molecule has 4 rings (SSSR count). The lowest BCUT2D eigenvalue weighted by molar-refractivity contribution is 0.120. The first-order chi connectivity index (χ1) is 12.5. The highest BCUT2D eigenvalue weighted by atomic mass is 19.2. The summed E-state index contributed by atoms with van der Waals surface area (Å²) in [5.41, 5.74) is 6.58. The van der Waals surface area contributed by atoms with Crippen LogP contribution in [0, 0.1) is 11.6 Å². The molecule has 3 heterocycles. The summed E-state index contributed by atoms with van der Waals surface area (Å²) in [6.07, 6.45) is 2.05. The average Bonchev–Trinajstić information content (AvgIpc) is 3.24. The first-order valence-corrected chi connectivity index (χ1v) is 8.34. The molecule has 1 fully saturated rings. The number of fused-ring (bicyclic) bond motifs is 1. The molecule has 1 aliphatic rings. The molecular formula is C17H18F2N6O. The van der Waals surface area contributed by atoms with Gasteiger partial charge in [-0.15, -0.1) is 0 Å². The Morgan fingerprint density at radius 3 is 2.96 bits per heavy atom. The third-order valence-corrected chi connectivity index (χ3v) is 4.46. The van der Waals surface area contributed by atoms with E-state index in [0.29, 0.717) is 17.6 Å². The van der Waals surface area contributed by atoms with E-state index >= 15 is 0 Å². The van der Waals surface area contributed by atoms with Gasteiger partial charge in [0.1, 0.15) is 5.82 Å². The molecule has 26 heavy (non-hydrogen) atoms. The number of nitrogens with two attached hydrogens (primary N) is 1. The first-order valence-electron chi connectivity index (χ1n) is 8.34. The van der Waals surface area contributed by atoms with Crippen molar-refractivity contribution in [2.45, 2.75) is 18.9 Å². The first kappa shape index (κ1) is 16.6. The highest BCUT2D eigenvalue weighted by molar-refractivity contribution is 5.99. The SMILES string of the molecule is Cn1nc2nc(NCC3CCCO3)nc(-c3cccc(F)c3F)c2c1N. The maximum atomic E-state index is 14.4. The zero-order valence-electron chi connectivity index (χ0n) is 14.2. The van der Waals surface area contributed by atoms with E-state index in [0.717, 1.165) is 25.5 Å². The lowest BCUT2D eigenvalue weighted by Gasteiger charge is -2.12. The summed E-state index contributed by atoms with van der Waals surface area (Å²) in [7, 11) is 1.65. The van der Waals surface area contributed by atoms with Crippen LogP contribution in [0.4, 0.5) is 20.5 Å². The van der Waals surface area contributed by atoms with Gasteiger partial charge in [0.25, 0.3) is 0 Å². The minimum atomic E-state index is -0.985. The largest absolute Gasteiger partial charge is 0.383 e. The van der Waals surface area contributed by atoms with Gasteiger partial charge in [0.15, 0.2) is 17.3 Å². The number of ether oxygens (including phenoxy) is 1. The number of nitrogens with one attached hydrogen (secondary N) is 1. The van der Waals surface area contributed by atoms with Crippen LogP contribution in [0.2, 0.25) is 0 Å². The Morgan fingerprint density at radius 2 is 2.19 bits per heavy atom. The van der Waals surface area contributed by atoms with E-state index in [2.05, 4.69) is 20.4 Å². The van der Waals surface area contributed by atoms with Crippen LogP contribution >= 0.6 is 0 Å². The molecule has 1 unspecified atom stereocenters. The highest BCUT2D eigenvalue weighted by Crippen LogP contribution is 2.33. The van der Waals surface area contributed by atoms with E-state index in [1.165, 1.54) is 16.8 Å². The Morgan fingerprint density at radius 1 is 1.35 bits per heavy atom. The van der Waals surface area contributed by atoms with Crippen LogP contribution in [0.5, 0.6) is 0 Å². The molecule has 0 saturated carbocycles. The molecule has 0 aliphatic carbocycles. The summed E-state index contributed by atoms with van der Waals surface area (Å²) in [5.74, 6) is -1.39. The molecule has 0 bridgehead atoms. The number of benzene rings is 1. The van der Waals surface area contributed by atoms with Gasteiger partial charge in [-0.25, -0.2) is 13.8 Å². The number of nitrogens with zero attached hydrogens (tertiary/aromatic N) is 4. The van der Waals surface area contributed by atoms with Crippen molar-refractivity contribution in [2.24, 2.45) is 7.05 Å². The van der Waals surface area contributed by atoms with E-state index < -0.39 is 11.6 Å². The monoisotopic (exact) mass is 360 g/mol. The van der Waals surface area contributed by atoms with Crippen LogP contribution < -0.4 is 11.1 Å². The number of aromatic nitrogens is 4. The van der Waals surface area contributed by atoms with E-state index in [9.17, 15) is 8.78 Å². The number of nitrogen functional groups attached to an aromatic ring is 1. The minimum absolute atomic E-state index is 0.0114. The fourth-order valence-electron chi connectivity index (χ4n) is 3.09. The smallest absolute Gasteiger partial charge is 0.225 e. The average molecular weight is 360 g/mol. The predicted molar refractivity (Wildman–Crippen MR) is 93.5 cm³/mol. The maximum absolute atomic E-state index is 14.4. The van der Waals surface area contributed by atoms with E-state index in [1.807, 2.05) is 0 Å². The van der Waals surface area contributed by atoms with Gasteiger partial charge in [-0.2, -0.15) is 10.1 Å². The van der Waals surface area contributed by atoms with Crippen LogP contribution in [0.1, 0.15) is 12.8 Å². The molecule has 7 nitrogen and oxygen atoms in total. The molecule has 3 N–H and O–H groups in total. The molecule has 1 aliphatic heterocycles. The third-order valence-electron chi connectivity index (χ3n) is 4.46. The third kappa shape index (κ3) is 2.84. The summed E-state index contributed by atoms with van der Waals surface area (Å²) >= 11 is 0. The van der Waals surface area contributed by atoms with Crippen LogP contribution in [-0.2, 0) is 11.8 Å². The maximum Gasteiger partial charge on any atom is 0.225 e. The standard InChI is InChI=1S/C17H18F2N6O/c1-25-15(20)12-14(10-5-2-6-11(18)13(10)19)22-17(23-16(12)24-25)21-8-9-4-3-7-26-9/h2,5-6,9H,3-4,7-8,20H2,1H3,(H,21,23,24). The second-order valence-corrected chi connectivity index (χ2v) is 6.22. The summed E-state index contributed by atoms with van der Waals surface area (Å²) in [4.78, 5) is 8.74. The van der Waals surface area contributed by atoms with Crippen molar-refractivity contribution in [3.63, 3.8) is 0 Å². The van der Waals surface area contributed by atoms with Gasteiger partial charge < -0.3 is 15.8 Å². The topological polar surface area (TPSA) is 90.9 Å². The Bertz CT molecular complexity index is 968. The van der Waals surface area contributed by atoms with Gasteiger partial charge in [0.2, 0.25) is 5.95 Å². The summed E-state index contributed by atoms with van der Waals surface area (Å²) in [6, 6.07) is 3.94. The molecule has 3 aromatic rings. The van der Waals surface area contributed by atoms with Gasteiger partial charge in [-0.05, 0) is 25.0 Å². The lowest BCUT2D eigenvalue weighted by Crippen LogP contribution is -2.19. The summed E-state index contributed by atoms with van der Waals surface area (Å²) in [6.45, 7) is 1.27. The van der Waals surface area contributed by atoms with Crippen LogP contribution in [0.15, 0.2) is 18.2 Å². The van der Waals surface area contributed by atoms with Crippen molar-refractivity contribution in [1.29, 1.82) is 0 Å².